The van der Waals surface area contributed by atoms with E-state index in [4.69, 9.17) is 9.72 Å². The van der Waals surface area contributed by atoms with Crippen LogP contribution in [-0.4, -0.2) is 27.6 Å². The van der Waals surface area contributed by atoms with Crippen molar-refractivity contribution < 1.29 is 9.53 Å². The number of ether oxygens (including phenoxy) is 1. The predicted octanol–water partition coefficient (Wildman–Crippen LogP) is 4.11. The number of aryl methyl sites for hydroxylation is 1. The molecule has 0 spiro atoms. The fourth-order valence-electron chi connectivity index (χ4n) is 3.26. The van der Waals surface area contributed by atoms with Crippen molar-refractivity contribution in [3.05, 3.63) is 100 Å². The van der Waals surface area contributed by atoms with E-state index in [-0.39, 0.29) is 5.56 Å². The van der Waals surface area contributed by atoms with Crippen LogP contribution in [0.2, 0.25) is 0 Å². The molecule has 0 aliphatic carbocycles. The van der Waals surface area contributed by atoms with Gasteiger partial charge in [0.25, 0.3) is 5.56 Å². The molecule has 0 fully saturated rings. The molecule has 2 heterocycles. The summed E-state index contributed by atoms with van der Waals surface area (Å²) in [6.07, 6.45) is 2.46. The Morgan fingerprint density at radius 1 is 1.06 bits per heavy atom. The Labute approximate surface area is 183 Å². The first-order valence-electron chi connectivity index (χ1n) is 9.85. The molecule has 0 amide bonds. The number of esters is 1. The third kappa shape index (κ3) is 4.83. The van der Waals surface area contributed by atoms with Crippen LogP contribution in [0, 0.1) is 0 Å². The summed E-state index contributed by atoms with van der Waals surface area (Å²) in [6, 6.07) is 20.6. The summed E-state index contributed by atoms with van der Waals surface area (Å²) >= 11 is 1.46. The van der Waals surface area contributed by atoms with Crippen molar-refractivity contribution in [2.75, 3.05) is 7.11 Å². The van der Waals surface area contributed by atoms with Crippen LogP contribution < -0.4 is 5.56 Å². The van der Waals surface area contributed by atoms with Gasteiger partial charge in [-0.3, -0.25) is 14.3 Å². The van der Waals surface area contributed by atoms with Gasteiger partial charge in [-0.25, -0.2) is 9.78 Å². The molecule has 7 heteroatoms. The summed E-state index contributed by atoms with van der Waals surface area (Å²) in [4.78, 5) is 34.3. The maximum Gasteiger partial charge on any atom is 0.337 e. The minimum absolute atomic E-state index is 0.124. The van der Waals surface area contributed by atoms with Crippen LogP contribution in [0.1, 0.15) is 21.6 Å². The van der Waals surface area contributed by atoms with Gasteiger partial charge < -0.3 is 4.74 Å². The topological polar surface area (TPSA) is 74.1 Å². The molecule has 2 aromatic carbocycles. The highest BCUT2D eigenvalue weighted by molar-refractivity contribution is 7.98. The molecule has 4 aromatic rings. The molecule has 0 bridgehead atoms. The van der Waals surface area contributed by atoms with Crippen molar-refractivity contribution in [3.63, 3.8) is 0 Å². The van der Waals surface area contributed by atoms with E-state index in [1.54, 1.807) is 29.0 Å². The van der Waals surface area contributed by atoms with Gasteiger partial charge in [-0.05, 0) is 42.3 Å². The zero-order chi connectivity index (χ0) is 21.6. The van der Waals surface area contributed by atoms with Gasteiger partial charge >= 0.3 is 5.97 Å². The molecule has 6 nitrogen and oxygen atoms in total. The number of aromatic nitrogens is 3. The van der Waals surface area contributed by atoms with Crippen molar-refractivity contribution in [1.82, 2.24) is 14.5 Å². The molecule has 156 valence electrons. The van der Waals surface area contributed by atoms with Gasteiger partial charge in [0.15, 0.2) is 5.16 Å². The molecule has 0 saturated heterocycles. The van der Waals surface area contributed by atoms with E-state index in [2.05, 4.69) is 4.98 Å². The summed E-state index contributed by atoms with van der Waals surface area (Å²) in [5.74, 6) is 0.125. The van der Waals surface area contributed by atoms with Gasteiger partial charge in [0, 0.05) is 18.5 Å². The second kappa shape index (κ2) is 9.57. The molecule has 31 heavy (non-hydrogen) atoms. The van der Waals surface area contributed by atoms with Crippen LogP contribution in [0.15, 0.2) is 82.9 Å². The van der Waals surface area contributed by atoms with Crippen molar-refractivity contribution in [2.45, 2.75) is 23.9 Å². The number of hydrogen-bond acceptors (Lipinski definition) is 6. The number of nitrogens with zero attached hydrogens (tertiary/aromatic N) is 3. The normalized spacial score (nSPS) is 10.9. The number of hydrogen-bond donors (Lipinski definition) is 0. The zero-order valence-electron chi connectivity index (χ0n) is 17.0. The Bertz CT molecular complexity index is 1260. The predicted molar refractivity (Wildman–Crippen MR) is 121 cm³/mol. The highest BCUT2D eigenvalue weighted by Crippen LogP contribution is 2.22. The minimum Gasteiger partial charge on any atom is -0.465 e. The van der Waals surface area contributed by atoms with Gasteiger partial charge in [0.05, 0.1) is 29.3 Å². The quantitative estimate of drug-likeness (QED) is 0.249. The first kappa shape index (κ1) is 20.8. The van der Waals surface area contributed by atoms with Gasteiger partial charge in [-0.1, -0.05) is 48.2 Å². The Morgan fingerprint density at radius 3 is 2.61 bits per heavy atom. The van der Waals surface area contributed by atoms with Crippen LogP contribution in [0.25, 0.3) is 10.9 Å². The van der Waals surface area contributed by atoms with Crippen LogP contribution in [0.5, 0.6) is 0 Å². The maximum absolute atomic E-state index is 13.3. The van der Waals surface area contributed by atoms with Crippen LogP contribution in [0.4, 0.5) is 0 Å². The van der Waals surface area contributed by atoms with E-state index in [9.17, 15) is 9.59 Å². The standard InChI is InChI=1S/C24H21N3O3S/c1-30-23(29)18-10-11-20-21(15-18)26-24(31-16-19-9-5-6-13-25-19)27(22(20)28)14-12-17-7-3-2-4-8-17/h2-11,13,15H,12,14,16H2,1H3. The van der Waals surface area contributed by atoms with Crippen molar-refractivity contribution >= 4 is 28.6 Å². The number of fused-ring (bicyclic) bond motifs is 1. The highest BCUT2D eigenvalue weighted by Gasteiger charge is 2.15. The molecule has 0 aliphatic heterocycles. The first-order valence-corrected chi connectivity index (χ1v) is 10.8. The monoisotopic (exact) mass is 431 g/mol. The summed E-state index contributed by atoms with van der Waals surface area (Å²) < 4.78 is 6.51. The lowest BCUT2D eigenvalue weighted by molar-refractivity contribution is 0.0601. The third-order valence-corrected chi connectivity index (χ3v) is 5.89. The Morgan fingerprint density at radius 2 is 1.87 bits per heavy atom. The Hall–Kier alpha value is -3.45. The smallest absolute Gasteiger partial charge is 0.337 e. The number of carbonyl (C=O) groups excluding carboxylic acids is 1. The lowest BCUT2D eigenvalue weighted by Gasteiger charge is -2.13. The number of pyridine rings is 1. The summed E-state index contributed by atoms with van der Waals surface area (Å²) in [5, 5.41) is 1.07. The molecule has 0 aliphatic rings. The largest absolute Gasteiger partial charge is 0.465 e. The number of thioether (sulfide) groups is 1. The average molecular weight is 432 g/mol. The SMILES string of the molecule is COC(=O)c1ccc2c(=O)n(CCc3ccccc3)c(SCc3ccccn3)nc2c1. The molecule has 0 saturated carbocycles. The molecule has 0 N–H and O–H groups in total. The second-order valence-electron chi connectivity index (χ2n) is 6.92. The van der Waals surface area contributed by atoms with Crippen molar-refractivity contribution in [3.8, 4) is 0 Å². The molecule has 0 radical (unpaired) electrons. The number of rotatable bonds is 7. The molecule has 4 rings (SSSR count). The number of carbonyl (C=O) groups is 1. The van der Waals surface area contributed by atoms with E-state index in [1.165, 1.54) is 18.9 Å². The summed E-state index contributed by atoms with van der Waals surface area (Å²) in [6.45, 7) is 0.509. The second-order valence-corrected chi connectivity index (χ2v) is 7.86. The van der Waals surface area contributed by atoms with Crippen molar-refractivity contribution in [2.24, 2.45) is 0 Å². The Balaban J connectivity index is 1.73. The number of benzene rings is 2. The van der Waals surface area contributed by atoms with Crippen LogP contribution in [-0.2, 0) is 23.5 Å². The average Bonchev–Trinajstić information content (AvgIpc) is 2.82. The van der Waals surface area contributed by atoms with Gasteiger partial charge in [0.2, 0.25) is 0 Å². The zero-order valence-corrected chi connectivity index (χ0v) is 17.8. The van der Waals surface area contributed by atoms with Gasteiger partial charge in [-0.2, -0.15) is 0 Å². The van der Waals surface area contributed by atoms with Crippen molar-refractivity contribution in [1.29, 1.82) is 0 Å². The lowest BCUT2D eigenvalue weighted by atomic mass is 10.1. The molecule has 0 unspecified atom stereocenters. The Kier molecular flexibility index (Phi) is 6.43. The molecular formula is C24H21N3O3S. The summed E-state index contributed by atoms with van der Waals surface area (Å²) in [7, 11) is 1.33. The number of methoxy groups -OCH3 is 1. The van der Waals surface area contributed by atoms with Crippen LogP contribution >= 0.6 is 11.8 Å². The highest BCUT2D eigenvalue weighted by atomic mass is 32.2. The first-order chi connectivity index (χ1) is 15.2. The fraction of sp³-hybridized carbons (Fsp3) is 0.167. The lowest BCUT2D eigenvalue weighted by Crippen LogP contribution is -2.24. The van der Waals surface area contributed by atoms with E-state index < -0.39 is 5.97 Å². The van der Waals surface area contributed by atoms with E-state index in [0.717, 1.165) is 11.3 Å². The molecule has 2 aromatic heterocycles. The maximum atomic E-state index is 13.3. The molecular weight excluding hydrogens is 410 g/mol. The third-order valence-electron chi connectivity index (χ3n) is 4.88. The van der Waals surface area contributed by atoms with Gasteiger partial charge in [0.1, 0.15) is 0 Å². The fourth-order valence-corrected chi connectivity index (χ4v) is 4.20. The minimum atomic E-state index is -0.459. The van der Waals surface area contributed by atoms with E-state index in [0.29, 0.717) is 40.3 Å². The van der Waals surface area contributed by atoms with E-state index in [1.807, 2.05) is 48.5 Å². The van der Waals surface area contributed by atoms with E-state index >= 15 is 0 Å². The van der Waals surface area contributed by atoms with Gasteiger partial charge in [-0.15, -0.1) is 0 Å². The van der Waals surface area contributed by atoms with Crippen LogP contribution in [0.3, 0.4) is 0 Å². The summed E-state index contributed by atoms with van der Waals surface area (Å²) in [5.41, 5.74) is 2.77. The molecule has 0 atom stereocenters.